The fourth-order valence-electron chi connectivity index (χ4n) is 3.01. The van der Waals surface area contributed by atoms with E-state index in [-0.39, 0.29) is 6.10 Å². The van der Waals surface area contributed by atoms with E-state index in [1.165, 1.54) is 16.3 Å². The van der Waals surface area contributed by atoms with E-state index in [0.717, 1.165) is 31.2 Å². The molecule has 0 aliphatic heterocycles. The van der Waals surface area contributed by atoms with Crippen LogP contribution in [0.25, 0.3) is 10.8 Å². The summed E-state index contributed by atoms with van der Waals surface area (Å²) in [6.07, 6.45) is 3.71. The molecule has 0 aliphatic rings. The van der Waals surface area contributed by atoms with Crippen LogP contribution in [0.3, 0.4) is 0 Å². The van der Waals surface area contributed by atoms with E-state index in [0.29, 0.717) is 0 Å². The Morgan fingerprint density at radius 1 is 0.727 bits per heavy atom. The predicted octanol–water partition coefficient (Wildman–Crippen LogP) is 5.29. The molecule has 3 rings (SSSR count). The summed E-state index contributed by atoms with van der Waals surface area (Å²) in [5, 5.41) is 12.9. The maximum absolute atomic E-state index is 10.2. The lowest BCUT2D eigenvalue weighted by molar-refractivity contribution is 0.164. The fraction of sp³-hybridized carbons (Fsp3) is 0.238. The van der Waals surface area contributed by atoms with Crippen molar-refractivity contribution in [2.75, 3.05) is 0 Å². The van der Waals surface area contributed by atoms with E-state index in [1.54, 1.807) is 0 Å². The minimum Gasteiger partial charge on any atom is -0.388 e. The summed E-state index contributed by atoms with van der Waals surface area (Å²) >= 11 is 0. The average Bonchev–Trinajstić information content (AvgIpc) is 2.59. The summed E-state index contributed by atoms with van der Waals surface area (Å²) in [5.41, 5.74) is 2.43. The average molecular weight is 290 g/mol. The standard InChI is InChI=1S/C21H22O/c22-21(19-11-2-1-3-12-19)16-7-5-10-18-14-8-13-17-9-4-6-15-20(17)18/h1-4,6,8-9,11-15,21-22H,5,7,10,16H2. The number of aliphatic hydroxyl groups is 1. The van der Waals surface area contributed by atoms with Crippen LogP contribution in [0.15, 0.2) is 72.8 Å². The van der Waals surface area contributed by atoms with Gasteiger partial charge in [0.2, 0.25) is 0 Å². The van der Waals surface area contributed by atoms with Gasteiger partial charge in [-0.25, -0.2) is 0 Å². The third kappa shape index (κ3) is 3.55. The molecular weight excluding hydrogens is 268 g/mol. The molecule has 0 saturated carbocycles. The SMILES string of the molecule is OC(CCCCc1cccc2ccccc12)c1ccccc1. The number of unbranched alkanes of at least 4 members (excludes halogenated alkanes) is 1. The maximum Gasteiger partial charge on any atom is 0.0790 e. The number of rotatable bonds is 6. The highest BCUT2D eigenvalue weighted by molar-refractivity contribution is 5.85. The quantitative estimate of drug-likeness (QED) is 0.612. The van der Waals surface area contributed by atoms with Crippen LogP contribution in [0, 0.1) is 0 Å². The first-order valence-corrected chi connectivity index (χ1v) is 8.04. The van der Waals surface area contributed by atoms with Crippen molar-refractivity contribution >= 4 is 10.8 Å². The predicted molar refractivity (Wildman–Crippen MR) is 92.9 cm³/mol. The first-order valence-electron chi connectivity index (χ1n) is 8.04. The molecular formula is C21H22O. The highest BCUT2D eigenvalue weighted by atomic mass is 16.3. The number of benzene rings is 3. The van der Waals surface area contributed by atoms with Crippen LogP contribution in [0.1, 0.15) is 36.5 Å². The molecule has 112 valence electrons. The van der Waals surface area contributed by atoms with Crippen LogP contribution < -0.4 is 0 Å². The number of fused-ring (bicyclic) bond motifs is 1. The molecule has 0 amide bonds. The molecule has 0 aromatic heterocycles. The van der Waals surface area contributed by atoms with E-state index in [9.17, 15) is 5.11 Å². The lowest BCUT2D eigenvalue weighted by Gasteiger charge is -2.11. The van der Waals surface area contributed by atoms with Crippen LogP contribution in [-0.4, -0.2) is 5.11 Å². The fourth-order valence-corrected chi connectivity index (χ4v) is 3.01. The van der Waals surface area contributed by atoms with E-state index in [2.05, 4.69) is 42.5 Å². The molecule has 3 aromatic carbocycles. The van der Waals surface area contributed by atoms with Crippen molar-refractivity contribution in [1.82, 2.24) is 0 Å². The molecule has 3 aromatic rings. The van der Waals surface area contributed by atoms with Gasteiger partial charge in [0.15, 0.2) is 0 Å². The van der Waals surface area contributed by atoms with Crippen molar-refractivity contribution in [3.05, 3.63) is 83.9 Å². The van der Waals surface area contributed by atoms with Crippen molar-refractivity contribution in [2.24, 2.45) is 0 Å². The van der Waals surface area contributed by atoms with E-state index in [1.807, 2.05) is 30.3 Å². The van der Waals surface area contributed by atoms with Crippen LogP contribution in [0.5, 0.6) is 0 Å². The van der Waals surface area contributed by atoms with Crippen LogP contribution >= 0.6 is 0 Å². The third-order valence-corrected chi connectivity index (χ3v) is 4.24. The van der Waals surface area contributed by atoms with Gasteiger partial charge >= 0.3 is 0 Å². The van der Waals surface area contributed by atoms with Gasteiger partial charge in [-0.05, 0) is 41.2 Å². The molecule has 0 heterocycles. The Kier molecular flexibility index (Phi) is 4.87. The molecule has 0 saturated heterocycles. The van der Waals surface area contributed by atoms with Gasteiger partial charge in [-0.2, -0.15) is 0 Å². The lowest BCUT2D eigenvalue weighted by Crippen LogP contribution is -1.97. The van der Waals surface area contributed by atoms with E-state index in [4.69, 9.17) is 0 Å². The summed E-state index contributed by atoms with van der Waals surface area (Å²) in [4.78, 5) is 0. The van der Waals surface area contributed by atoms with Gasteiger partial charge in [0.25, 0.3) is 0 Å². The van der Waals surface area contributed by atoms with E-state index < -0.39 is 0 Å². The first kappa shape index (κ1) is 14.8. The Balaban J connectivity index is 1.55. The van der Waals surface area contributed by atoms with Gasteiger partial charge in [-0.15, -0.1) is 0 Å². The zero-order valence-electron chi connectivity index (χ0n) is 12.8. The monoisotopic (exact) mass is 290 g/mol. The topological polar surface area (TPSA) is 20.2 Å². The smallest absolute Gasteiger partial charge is 0.0790 e. The minimum absolute atomic E-state index is 0.339. The third-order valence-electron chi connectivity index (χ3n) is 4.24. The lowest BCUT2D eigenvalue weighted by atomic mass is 9.98. The summed E-state index contributed by atoms with van der Waals surface area (Å²) in [5.74, 6) is 0. The van der Waals surface area contributed by atoms with Gasteiger partial charge in [0.05, 0.1) is 6.10 Å². The Labute approximate surface area is 132 Å². The summed E-state index contributed by atoms with van der Waals surface area (Å²) in [6.45, 7) is 0. The molecule has 0 radical (unpaired) electrons. The number of hydrogen-bond donors (Lipinski definition) is 1. The first-order chi connectivity index (χ1) is 10.8. The summed E-state index contributed by atoms with van der Waals surface area (Å²) < 4.78 is 0. The number of hydrogen-bond acceptors (Lipinski definition) is 1. The van der Waals surface area contributed by atoms with Crippen LogP contribution in [0.4, 0.5) is 0 Å². The van der Waals surface area contributed by atoms with Gasteiger partial charge < -0.3 is 5.11 Å². The van der Waals surface area contributed by atoms with Gasteiger partial charge in [0.1, 0.15) is 0 Å². The molecule has 0 fully saturated rings. The molecule has 1 heteroatoms. The Morgan fingerprint density at radius 3 is 2.32 bits per heavy atom. The van der Waals surface area contributed by atoms with Gasteiger partial charge in [-0.3, -0.25) is 0 Å². The largest absolute Gasteiger partial charge is 0.388 e. The minimum atomic E-state index is -0.339. The van der Waals surface area contributed by atoms with E-state index >= 15 is 0 Å². The van der Waals surface area contributed by atoms with Gasteiger partial charge in [-0.1, -0.05) is 79.2 Å². The highest BCUT2D eigenvalue weighted by Crippen LogP contribution is 2.22. The summed E-state index contributed by atoms with van der Waals surface area (Å²) in [6, 6.07) is 25.0. The van der Waals surface area contributed by atoms with Crippen LogP contribution in [0.2, 0.25) is 0 Å². The van der Waals surface area contributed by atoms with Crippen molar-refractivity contribution in [2.45, 2.75) is 31.8 Å². The molecule has 22 heavy (non-hydrogen) atoms. The molecule has 0 spiro atoms. The van der Waals surface area contributed by atoms with Gasteiger partial charge in [0, 0.05) is 0 Å². The zero-order valence-corrected chi connectivity index (χ0v) is 12.8. The second-order valence-electron chi connectivity index (χ2n) is 5.81. The Bertz CT molecular complexity index is 713. The number of aliphatic hydroxyl groups excluding tert-OH is 1. The highest BCUT2D eigenvalue weighted by Gasteiger charge is 2.06. The second kappa shape index (κ2) is 7.24. The number of aryl methyl sites for hydroxylation is 1. The summed E-state index contributed by atoms with van der Waals surface area (Å²) in [7, 11) is 0. The molecule has 1 atom stereocenters. The van der Waals surface area contributed by atoms with Crippen LogP contribution in [-0.2, 0) is 6.42 Å². The second-order valence-corrected chi connectivity index (χ2v) is 5.81. The Hall–Kier alpha value is -2.12. The Morgan fingerprint density at radius 2 is 1.45 bits per heavy atom. The van der Waals surface area contributed by atoms with Crippen molar-refractivity contribution in [3.8, 4) is 0 Å². The molecule has 1 nitrogen and oxygen atoms in total. The van der Waals surface area contributed by atoms with Crippen molar-refractivity contribution in [1.29, 1.82) is 0 Å². The normalized spacial score (nSPS) is 12.4. The molecule has 0 bridgehead atoms. The van der Waals surface area contributed by atoms with Crippen molar-refractivity contribution < 1.29 is 5.11 Å². The maximum atomic E-state index is 10.2. The van der Waals surface area contributed by atoms with Crippen molar-refractivity contribution in [3.63, 3.8) is 0 Å². The molecule has 1 unspecified atom stereocenters. The molecule has 1 N–H and O–H groups in total. The molecule has 0 aliphatic carbocycles. The zero-order chi connectivity index (χ0) is 15.2.